The smallest absolute Gasteiger partial charge is 0.255 e. The molecule has 1 saturated carbocycles. The molecule has 0 atom stereocenters. The summed E-state index contributed by atoms with van der Waals surface area (Å²) in [5.41, 5.74) is 5.92. The van der Waals surface area contributed by atoms with E-state index in [1.807, 2.05) is 6.07 Å². The zero-order valence-electron chi connectivity index (χ0n) is 9.77. The zero-order chi connectivity index (χ0) is 13.1. The number of nitrogens with two attached hydrogens (primary N) is 1. The molecule has 0 bridgehead atoms. The third kappa shape index (κ3) is 2.71. The molecule has 0 aromatic carbocycles. The van der Waals surface area contributed by atoms with Crippen molar-refractivity contribution in [1.29, 1.82) is 5.26 Å². The van der Waals surface area contributed by atoms with Crippen LogP contribution in [0, 0.1) is 11.3 Å². The standard InChI is InChI=1S/C12H13ClN4O/c13-10-7-16-11(15)6-9(10)12(18)17(5-1-4-14)8-2-3-8/h6-8H,1-3,5H2,(H2,15,16). The van der Waals surface area contributed by atoms with Gasteiger partial charge in [0.05, 0.1) is 23.1 Å². The highest BCUT2D eigenvalue weighted by Gasteiger charge is 2.33. The molecular formula is C12H13ClN4O. The predicted octanol–water partition coefficient (Wildman–Crippen LogP) is 1.84. The first kappa shape index (κ1) is 12.7. The van der Waals surface area contributed by atoms with E-state index in [1.54, 1.807) is 4.90 Å². The normalized spacial score (nSPS) is 14.0. The van der Waals surface area contributed by atoms with Crippen molar-refractivity contribution in [2.45, 2.75) is 25.3 Å². The van der Waals surface area contributed by atoms with Crippen LogP contribution in [0.2, 0.25) is 5.02 Å². The van der Waals surface area contributed by atoms with Crippen molar-refractivity contribution in [3.63, 3.8) is 0 Å². The van der Waals surface area contributed by atoms with Gasteiger partial charge in [-0.2, -0.15) is 5.26 Å². The van der Waals surface area contributed by atoms with Crippen LogP contribution < -0.4 is 5.73 Å². The molecule has 0 radical (unpaired) electrons. The average molecular weight is 265 g/mol. The van der Waals surface area contributed by atoms with Gasteiger partial charge in [0, 0.05) is 18.8 Å². The maximum Gasteiger partial charge on any atom is 0.255 e. The number of nitrogens with zero attached hydrogens (tertiary/aromatic N) is 3. The number of halogens is 1. The Hall–Kier alpha value is -1.80. The van der Waals surface area contributed by atoms with Crippen LogP contribution in [0.1, 0.15) is 29.6 Å². The highest BCUT2D eigenvalue weighted by molar-refractivity contribution is 6.33. The SMILES string of the molecule is N#CCCN(C(=O)c1cc(N)ncc1Cl)C1CC1. The minimum Gasteiger partial charge on any atom is -0.384 e. The molecule has 1 aromatic heterocycles. The van der Waals surface area contributed by atoms with Gasteiger partial charge in [-0.25, -0.2) is 4.98 Å². The number of nitriles is 1. The van der Waals surface area contributed by atoms with Crippen LogP contribution >= 0.6 is 11.6 Å². The molecule has 18 heavy (non-hydrogen) atoms. The number of hydrogen-bond donors (Lipinski definition) is 1. The van der Waals surface area contributed by atoms with Gasteiger partial charge in [-0.15, -0.1) is 0 Å². The topological polar surface area (TPSA) is 83.0 Å². The van der Waals surface area contributed by atoms with E-state index in [9.17, 15) is 4.79 Å². The number of aromatic nitrogens is 1. The second kappa shape index (κ2) is 5.23. The Morgan fingerprint density at radius 3 is 3.00 bits per heavy atom. The fraction of sp³-hybridized carbons (Fsp3) is 0.417. The van der Waals surface area contributed by atoms with Gasteiger partial charge in [0.1, 0.15) is 5.82 Å². The van der Waals surface area contributed by atoms with Crippen molar-refractivity contribution in [3.05, 3.63) is 22.8 Å². The van der Waals surface area contributed by atoms with Gasteiger partial charge < -0.3 is 10.6 Å². The first-order valence-electron chi connectivity index (χ1n) is 5.72. The van der Waals surface area contributed by atoms with E-state index in [0.717, 1.165) is 12.8 Å². The Bertz CT molecular complexity index is 507. The fourth-order valence-electron chi connectivity index (χ4n) is 1.78. The van der Waals surface area contributed by atoms with Crippen molar-refractivity contribution in [3.8, 4) is 6.07 Å². The van der Waals surface area contributed by atoms with E-state index >= 15 is 0 Å². The lowest BCUT2D eigenvalue weighted by Crippen LogP contribution is -2.34. The first-order chi connectivity index (χ1) is 8.63. The van der Waals surface area contributed by atoms with Crippen LogP contribution in [0.5, 0.6) is 0 Å². The largest absolute Gasteiger partial charge is 0.384 e. The molecule has 2 N–H and O–H groups in total. The van der Waals surface area contributed by atoms with E-state index in [4.69, 9.17) is 22.6 Å². The third-order valence-electron chi connectivity index (χ3n) is 2.82. The van der Waals surface area contributed by atoms with Crippen molar-refractivity contribution < 1.29 is 4.79 Å². The lowest BCUT2D eigenvalue weighted by molar-refractivity contribution is 0.0747. The molecule has 0 unspecified atom stereocenters. The number of hydrogen-bond acceptors (Lipinski definition) is 4. The van der Waals surface area contributed by atoms with Gasteiger partial charge in [-0.3, -0.25) is 4.79 Å². The molecule has 1 fully saturated rings. The second-order valence-electron chi connectivity index (χ2n) is 4.23. The fourth-order valence-corrected chi connectivity index (χ4v) is 1.96. The van der Waals surface area contributed by atoms with E-state index in [0.29, 0.717) is 18.5 Å². The highest BCUT2D eigenvalue weighted by atomic mass is 35.5. The molecule has 1 aliphatic rings. The summed E-state index contributed by atoms with van der Waals surface area (Å²) in [5.74, 6) is 0.0885. The van der Waals surface area contributed by atoms with E-state index < -0.39 is 0 Å². The van der Waals surface area contributed by atoms with Gasteiger partial charge in [0.15, 0.2) is 0 Å². The Kier molecular flexibility index (Phi) is 3.68. The van der Waals surface area contributed by atoms with E-state index in [1.165, 1.54) is 12.3 Å². The number of amides is 1. The summed E-state index contributed by atoms with van der Waals surface area (Å²) >= 11 is 5.96. The summed E-state index contributed by atoms with van der Waals surface area (Å²) in [6, 6.07) is 3.76. The molecule has 1 aromatic rings. The Morgan fingerprint density at radius 2 is 2.39 bits per heavy atom. The number of carbonyl (C=O) groups excluding carboxylic acids is 1. The number of nitrogen functional groups attached to an aromatic ring is 1. The Morgan fingerprint density at radius 1 is 1.67 bits per heavy atom. The number of carbonyl (C=O) groups is 1. The quantitative estimate of drug-likeness (QED) is 0.899. The summed E-state index contributed by atoms with van der Waals surface area (Å²) in [6.45, 7) is 0.429. The highest BCUT2D eigenvalue weighted by Crippen LogP contribution is 2.30. The van der Waals surface area contributed by atoms with E-state index in [2.05, 4.69) is 4.98 Å². The molecule has 1 amide bonds. The third-order valence-corrected chi connectivity index (χ3v) is 3.12. The van der Waals surface area contributed by atoms with Gasteiger partial charge in [-0.05, 0) is 18.9 Å². The predicted molar refractivity (Wildman–Crippen MR) is 67.9 cm³/mol. The summed E-state index contributed by atoms with van der Waals surface area (Å²) < 4.78 is 0. The summed E-state index contributed by atoms with van der Waals surface area (Å²) in [5, 5.41) is 8.91. The lowest BCUT2D eigenvalue weighted by Gasteiger charge is -2.21. The van der Waals surface area contributed by atoms with Gasteiger partial charge in [0.25, 0.3) is 5.91 Å². The molecule has 1 heterocycles. The second-order valence-corrected chi connectivity index (χ2v) is 4.63. The van der Waals surface area contributed by atoms with Crippen molar-refractivity contribution >= 4 is 23.3 Å². The molecule has 2 rings (SSSR count). The Labute approximate surface area is 110 Å². The molecule has 6 heteroatoms. The molecule has 0 spiro atoms. The van der Waals surface area contributed by atoms with Gasteiger partial charge in [0.2, 0.25) is 0 Å². The maximum atomic E-state index is 12.4. The summed E-state index contributed by atoms with van der Waals surface area (Å²) in [6.07, 6.45) is 3.66. The number of anilines is 1. The average Bonchev–Trinajstić information content (AvgIpc) is 3.17. The monoisotopic (exact) mass is 264 g/mol. The van der Waals surface area contributed by atoms with Crippen LogP contribution in [0.4, 0.5) is 5.82 Å². The Balaban J connectivity index is 2.22. The van der Waals surface area contributed by atoms with Crippen molar-refractivity contribution in [2.75, 3.05) is 12.3 Å². The van der Waals surface area contributed by atoms with Crippen LogP contribution in [0.15, 0.2) is 12.3 Å². The number of rotatable bonds is 4. The minimum atomic E-state index is -0.174. The van der Waals surface area contributed by atoms with E-state index in [-0.39, 0.29) is 22.8 Å². The van der Waals surface area contributed by atoms with Crippen LogP contribution in [0.3, 0.4) is 0 Å². The maximum absolute atomic E-state index is 12.4. The van der Waals surface area contributed by atoms with Gasteiger partial charge in [-0.1, -0.05) is 11.6 Å². The van der Waals surface area contributed by atoms with Crippen molar-refractivity contribution in [1.82, 2.24) is 9.88 Å². The molecule has 0 saturated heterocycles. The molecule has 1 aliphatic carbocycles. The molecular weight excluding hydrogens is 252 g/mol. The van der Waals surface area contributed by atoms with Gasteiger partial charge >= 0.3 is 0 Å². The minimum absolute atomic E-state index is 0.174. The van der Waals surface area contributed by atoms with Crippen LogP contribution in [-0.2, 0) is 0 Å². The van der Waals surface area contributed by atoms with Crippen molar-refractivity contribution in [2.24, 2.45) is 0 Å². The lowest BCUT2D eigenvalue weighted by atomic mass is 10.2. The molecule has 0 aliphatic heterocycles. The first-order valence-corrected chi connectivity index (χ1v) is 6.10. The molecule has 5 nitrogen and oxygen atoms in total. The molecule has 94 valence electrons. The summed E-state index contributed by atoms with van der Waals surface area (Å²) in [4.78, 5) is 17.9. The van der Waals surface area contributed by atoms with Crippen LogP contribution in [0.25, 0.3) is 0 Å². The van der Waals surface area contributed by atoms with Crippen LogP contribution in [-0.4, -0.2) is 28.4 Å². The summed E-state index contributed by atoms with van der Waals surface area (Å²) in [7, 11) is 0. The number of pyridine rings is 1. The zero-order valence-corrected chi connectivity index (χ0v) is 10.5.